The normalized spacial score (nSPS) is 11.1. The lowest BCUT2D eigenvalue weighted by molar-refractivity contribution is 0.0998. The van der Waals surface area contributed by atoms with Crippen LogP contribution in [0.3, 0.4) is 0 Å². The van der Waals surface area contributed by atoms with Crippen LogP contribution in [-0.4, -0.2) is 15.7 Å². The van der Waals surface area contributed by atoms with Gasteiger partial charge in [-0.25, -0.2) is 0 Å². The van der Waals surface area contributed by atoms with E-state index >= 15 is 0 Å². The molecule has 0 bridgehead atoms. The number of aryl methyl sites for hydroxylation is 2. The summed E-state index contributed by atoms with van der Waals surface area (Å²) in [6, 6.07) is 14.8. The van der Waals surface area contributed by atoms with Crippen molar-refractivity contribution in [3.63, 3.8) is 0 Å². The molecule has 1 N–H and O–H groups in total. The zero-order valence-corrected chi connectivity index (χ0v) is 16.9. The molecule has 7 heteroatoms. The number of halogens is 2. The molecule has 0 fully saturated rings. The summed E-state index contributed by atoms with van der Waals surface area (Å²) >= 11 is 9.44. The fourth-order valence-electron chi connectivity index (χ4n) is 3.06. The van der Waals surface area contributed by atoms with Crippen LogP contribution >= 0.6 is 27.5 Å². The molecule has 2 heterocycles. The third-order valence-corrected chi connectivity index (χ3v) is 5.05. The van der Waals surface area contributed by atoms with Crippen LogP contribution in [0.2, 0.25) is 5.02 Å². The summed E-state index contributed by atoms with van der Waals surface area (Å²) in [4.78, 5) is 12.8. The Kier molecular flexibility index (Phi) is 4.53. The van der Waals surface area contributed by atoms with Crippen molar-refractivity contribution < 1.29 is 9.21 Å². The summed E-state index contributed by atoms with van der Waals surface area (Å²) in [6.07, 6.45) is 0. The highest BCUT2D eigenvalue weighted by molar-refractivity contribution is 9.10. The lowest BCUT2D eigenvalue weighted by Gasteiger charge is -2.08. The van der Waals surface area contributed by atoms with E-state index in [2.05, 4.69) is 26.3 Å². The highest BCUT2D eigenvalue weighted by atomic mass is 79.9. The third kappa shape index (κ3) is 3.38. The Morgan fingerprint density at radius 2 is 1.93 bits per heavy atom. The first kappa shape index (κ1) is 17.8. The summed E-state index contributed by atoms with van der Waals surface area (Å²) in [7, 11) is 1.80. The highest BCUT2D eigenvalue weighted by Crippen LogP contribution is 2.32. The second-order valence-corrected chi connectivity index (χ2v) is 7.54. The smallest absolute Gasteiger partial charge is 0.292 e. The van der Waals surface area contributed by atoms with Crippen LogP contribution in [0.15, 0.2) is 57.4 Å². The number of nitrogens with one attached hydrogen (secondary N) is 1. The van der Waals surface area contributed by atoms with Crippen molar-refractivity contribution in [2.24, 2.45) is 7.05 Å². The van der Waals surface area contributed by atoms with E-state index in [4.69, 9.17) is 16.0 Å². The van der Waals surface area contributed by atoms with Gasteiger partial charge in [0.25, 0.3) is 5.91 Å². The second-order valence-electron chi connectivity index (χ2n) is 6.19. The number of fused-ring (bicyclic) bond motifs is 1. The van der Waals surface area contributed by atoms with E-state index < -0.39 is 0 Å². The number of furan rings is 1. The van der Waals surface area contributed by atoms with Crippen molar-refractivity contribution in [3.05, 3.63) is 69.5 Å². The van der Waals surface area contributed by atoms with Crippen molar-refractivity contribution >= 4 is 50.2 Å². The first-order chi connectivity index (χ1) is 12.9. The largest absolute Gasteiger partial charge is 0.451 e. The molecule has 0 atom stereocenters. The standard InChI is InChI=1S/C20H15BrClN3O2/c1-11-18(12-3-5-14(21)6-4-12)19(25(2)24-11)23-20(26)17-10-13-9-15(22)7-8-16(13)27-17/h3-10H,1-2H3,(H,23,26). The molecule has 2 aromatic carbocycles. The van der Waals surface area contributed by atoms with Crippen molar-refractivity contribution in [3.8, 4) is 11.1 Å². The first-order valence-corrected chi connectivity index (χ1v) is 9.39. The first-order valence-electron chi connectivity index (χ1n) is 8.22. The van der Waals surface area contributed by atoms with Gasteiger partial charge in [0.15, 0.2) is 5.76 Å². The number of carbonyl (C=O) groups is 1. The number of anilines is 1. The topological polar surface area (TPSA) is 60.1 Å². The molecule has 27 heavy (non-hydrogen) atoms. The lowest BCUT2D eigenvalue weighted by atomic mass is 10.1. The predicted molar refractivity (Wildman–Crippen MR) is 110 cm³/mol. The third-order valence-electron chi connectivity index (χ3n) is 4.29. The molecule has 0 spiro atoms. The molecule has 136 valence electrons. The van der Waals surface area contributed by atoms with Gasteiger partial charge in [0, 0.05) is 27.5 Å². The summed E-state index contributed by atoms with van der Waals surface area (Å²) in [6.45, 7) is 1.91. The van der Waals surface area contributed by atoms with Gasteiger partial charge in [0.05, 0.1) is 5.69 Å². The Labute approximate surface area is 169 Å². The molecule has 2 aromatic heterocycles. The van der Waals surface area contributed by atoms with Crippen LogP contribution in [0.25, 0.3) is 22.1 Å². The van der Waals surface area contributed by atoms with Crippen LogP contribution in [0.5, 0.6) is 0 Å². The Morgan fingerprint density at radius 3 is 2.67 bits per heavy atom. The van der Waals surface area contributed by atoms with Crippen molar-refractivity contribution in [1.29, 1.82) is 0 Å². The molecule has 0 unspecified atom stereocenters. The molecular weight excluding hydrogens is 430 g/mol. The molecule has 0 aliphatic carbocycles. The summed E-state index contributed by atoms with van der Waals surface area (Å²) in [5.74, 6) is 0.481. The Hall–Kier alpha value is -2.57. The minimum Gasteiger partial charge on any atom is -0.451 e. The van der Waals surface area contributed by atoms with E-state index in [1.807, 2.05) is 31.2 Å². The Bertz CT molecular complexity index is 1160. The van der Waals surface area contributed by atoms with Crippen LogP contribution in [-0.2, 0) is 7.05 Å². The van der Waals surface area contributed by atoms with Crippen molar-refractivity contribution in [1.82, 2.24) is 9.78 Å². The van der Waals surface area contributed by atoms with Gasteiger partial charge >= 0.3 is 0 Å². The Balaban J connectivity index is 1.71. The SMILES string of the molecule is Cc1nn(C)c(NC(=O)c2cc3cc(Cl)ccc3o2)c1-c1ccc(Br)cc1. The molecule has 0 radical (unpaired) electrons. The number of hydrogen-bond acceptors (Lipinski definition) is 3. The molecule has 1 amide bonds. The minimum atomic E-state index is -0.344. The highest BCUT2D eigenvalue weighted by Gasteiger charge is 2.20. The predicted octanol–water partition coefficient (Wildman–Crippen LogP) is 5.81. The van der Waals surface area contributed by atoms with Gasteiger partial charge in [0.2, 0.25) is 0 Å². The molecule has 0 saturated carbocycles. The zero-order chi connectivity index (χ0) is 19.1. The van der Waals surface area contributed by atoms with Gasteiger partial charge < -0.3 is 9.73 Å². The minimum absolute atomic E-state index is 0.216. The fourth-order valence-corrected chi connectivity index (χ4v) is 3.50. The maximum Gasteiger partial charge on any atom is 0.292 e. The van der Waals surface area contributed by atoms with E-state index in [0.29, 0.717) is 16.4 Å². The second kappa shape index (κ2) is 6.87. The summed E-state index contributed by atoms with van der Waals surface area (Å²) in [5.41, 5.74) is 3.28. The van der Waals surface area contributed by atoms with Crippen LogP contribution in [0, 0.1) is 6.92 Å². The molecule has 0 aliphatic rings. The molecule has 5 nitrogen and oxygen atoms in total. The number of rotatable bonds is 3. The van der Waals surface area contributed by atoms with E-state index in [-0.39, 0.29) is 11.7 Å². The fraction of sp³-hybridized carbons (Fsp3) is 0.100. The zero-order valence-electron chi connectivity index (χ0n) is 14.6. The molecule has 4 rings (SSSR count). The monoisotopic (exact) mass is 443 g/mol. The number of aromatic nitrogens is 2. The maximum atomic E-state index is 12.8. The van der Waals surface area contributed by atoms with Crippen molar-refractivity contribution in [2.75, 3.05) is 5.32 Å². The van der Waals surface area contributed by atoms with Crippen LogP contribution < -0.4 is 5.32 Å². The van der Waals surface area contributed by atoms with E-state index in [9.17, 15) is 4.79 Å². The Morgan fingerprint density at radius 1 is 1.19 bits per heavy atom. The van der Waals surface area contributed by atoms with Gasteiger partial charge in [-0.1, -0.05) is 39.7 Å². The van der Waals surface area contributed by atoms with Gasteiger partial charge in [-0.05, 0) is 48.9 Å². The van der Waals surface area contributed by atoms with Gasteiger partial charge in [-0.3, -0.25) is 9.48 Å². The average molecular weight is 445 g/mol. The van der Waals surface area contributed by atoms with Gasteiger partial charge in [0.1, 0.15) is 11.4 Å². The maximum absolute atomic E-state index is 12.8. The number of amides is 1. The number of hydrogen-bond donors (Lipinski definition) is 1. The average Bonchev–Trinajstić information content (AvgIpc) is 3.16. The number of benzene rings is 2. The number of nitrogens with zero attached hydrogens (tertiary/aromatic N) is 2. The van der Waals surface area contributed by atoms with Crippen LogP contribution in [0.4, 0.5) is 5.82 Å². The van der Waals surface area contributed by atoms with Crippen molar-refractivity contribution in [2.45, 2.75) is 6.92 Å². The summed E-state index contributed by atoms with van der Waals surface area (Å²) in [5, 5.41) is 8.75. The van der Waals surface area contributed by atoms with E-state index in [0.717, 1.165) is 26.7 Å². The van der Waals surface area contributed by atoms with Gasteiger partial charge in [-0.15, -0.1) is 0 Å². The van der Waals surface area contributed by atoms with E-state index in [1.54, 1.807) is 36.0 Å². The van der Waals surface area contributed by atoms with Crippen LogP contribution in [0.1, 0.15) is 16.2 Å². The lowest BCUT2D eigenvalue weighted by Crippen LogP contribution is -2.14. The molecular formula is C20H15BrClN3O2. The quantitative estimate of drug-likeness (QED) is 0.434. The molecule has 0 aliphatic heterocycles. The van der Waals surface area contributed by atoms with E-state index in [1.165, 1.54) is 0 Å². The number of carbonyl (C=O) groups excluding carboxylic acids is 1. The molecule has 0 saturated heterocycles. The molecule has 4 aromatic rings. The van der Waals surface area contributed by atoms with Gasteiger partial charge in [-0.2, -0.15) is 5.10 Å². The summed E-state index contributed by atoms with van der Waals surface area (Å²) < 4.78 is 8.30.